The Balaban J connectivity index is 1.77. The predicted octanol–water partition coefficient (Wildman–Crippen LogP) is 6.01. The lowest BCUT2D eigenvalue weighted by Gasteiger charge is -2.36. The summed E-state index contributed by atoms with van der Waals surface area (Å²) < 4.78 is 5.77. The van der Waals surface area contributed by atoms with Crippen LogP contribution in [0.5, 0.6) is 0 Å². The maximum absolute atomic E-state index is 13.0. The van der Waals surface area contributed by atoms with Crippen molar-refractivity contribution in [2.75, 3.05) is 6.54 Å². The number of benzene rings is 2. The Bertz CT molecular complexity index is 1140. The molecule has 3 aromatic rings. The monoisotopic (exact) mass is 444 g/mol. The van der Waals surface area contributed by atoms with Gasteiger partial charge in [-0.1, -0.05) is 81.4 Å². The molecule has 1 N–H and O–H groups in total. The number of carbonyl (C=O) groups is 1. The van der Waals surface area contributed by atoms with Gasteiger partial charge < -0.3 is 9.84 Å². The summed E-state index contributed by atoms with van der Waals surface area (Å²) in [6, 6.07) is 16.1. The van der Waals surface area contributed by atoms with E-state index in [1.807, 2.05) is 19.1 Å². The number of rotatable bonds is 7. The molecule has 0 bridgehead atoms. The van der Waals surface area contributed by atoms with Crippen molar-refractivity contribution >= 4 is 11.6 Å². The predicted molar refractivity (Wildman–Crippen MR) is 130 cm³/mol. The molecule has 0 radical (unpaired) electrons. The van der Waals surface area contributed by atoms with Gasteiger partial charge in [0.25, 0.3) is 5.89 Å². The molecule has 1 aliphatic rings. The van der Waals surface area contributed by atoms with E-state index >= 15 is 0 Å². The van der Waals surface area contributed by atoms with Gasteiger partial charge in [-0.3, -0.25) is 4.90 Å². The van der Waals surface area contributed by atoms with Gasteiger partial charge in [0.05, 0.1) is 11.6 Å². The number of aromatic nitrogens is 2. The van der Waals surface area contributed by atoms with E-state index < -0.39 is 0 Å². The molecule has 6 heteroatoms. The molecule has 2 aromatic carbocycles. The number of aryl methyl sites for hydroxylation is 2. The van der Waals surface area contributed by atoms with Crippen LogP contribution in [0.2, 0.25) is 0 Å². The average Bonchev–Trinajstić information content (AvgIpc) is 3.31. The summed E-state index contributed by atoms with van der Waals surface area (Å²) in [5, 5.41) is 7.43. The van der Waals surface area contributed by atoms with Crippen LogP contribution in [0, 0.1) is 5.92 Å². The summed E-state index contributed by atoms with van der Waals surface area (Å²) in [4.78, 5) is 19.5. The Morgan fingerprint density at radius 3 is 2.18 bits per heavy atom. The second kappa shape index (κ2) is 9.61. The number of nitrogens with one attached hydrogen (secondary N) is 1. The van der Waals surface area contributed by atoms with E-state index in [-0.39, 0.29) is 12.1 Å². The van der Waals surface area contributed by atoms with Crippen LogP contribution in [0.25, 0.3) is 17.0 Å². The van der Waals surface area contributed by atoms with Gasteiger partial charge in [-0.25, -0.2) is 4.79 Å². The topological polar surface area (TPSA) is 71.3 Å². The normalized spacial score (nSPS) is 16.5. The average molecular weight is 445 g/mol. The Hall–Kier alpha value is -3.41. The molecule has 172 valence electrons. The third-order valence-corrected chi connectivity index (χ3v) is 6.14. The van der Waals surface area contributed by atoms with Crippen molar-refractivity contribution in [1.29, 1.82) is 0 Å². The second-order valence-corrected chi connectivity index (χ2v) is 8.95. The van der Waals surface area contributed by atoms with Crippen LogP contribution in [0.3, 0.4) is 0 Å². The first-order valence-electron chi connectivity index (χ1n) is 11.7. The first kappa shape index (κ1) is 22.8. The maximum Gasteiger partial charge on any atom is 0.322 e. The third kappa shape index (κ3) is 4.70. The van der Waals surface area contributed by atoms with E-state index in [2.05, 4.69) is 74.6 Å². The molecule has 0 saturated heterocycles. The Labute approximate surface area is 195 Å². The number of hydrogen-bond acceptors (Lipinski definition) is 4. The number of amides is 2. The number of urea groups is 1. The highest BCUT2D eigenvalue weighted by molar-refractivity contribution is 5.86. The lowest BCUT2D eigenvalue weighted by Crippen LogP contribution is -2.47. The lowest BCUT2D eigenvalue weighted by atomic mass is 9.93. The van der Waals surface area contributed by atoms with Crippen LogP contribution in [0.4, 0.5) is 4.79 Å². The van der Waals surface area contributed by atoms with Gasteiger partial charge in [-0.2, -0.15) is 4.98 Å². The van der Waals surface area contributed by atoms with E-state index in [1.54, 1.807) is 4.90 Å². The van der Waals surface area contributed by atoms with E-state index in [4.69, 9.17) is 9.51 Å². The Morgan fingerprint density at radius 2 is 1.61 bits per heavy atom. The Kier molecular flexibility index (Phi) is 6.63. The van der Waals surface area contributed by atoms with Crippen molar-refractivity contribution in [3.8, 4) is 11.4 Å². The third-order valence-electron chi connectivity index (χ3n) is 6.14. The number of carbonyl (C=O) groups excluding carboxylic acids is 1. The highest BCUT2D eigenvalue weighted by Gasteiger charge is 2.35. The fourth-order valence-corrected chi connectivity index (χ4v) is 4.18. The molecular weight excluding hydrogens is 412 g/mol. The maximum atomic E-state index is 13.0. The van der Waals surface area contributed by atoms with Crippen molar-refractivity contribution in [2.45, 2.75) is 53.5 Å². The number of hydrogen-bond donors (Lipinski definition) is 1. The standard InChI is InChI=1S/C27H32N4O2/c1-6-19-8-12-21(13-9-19)24-23(18(5)31(16-17(3)4)27(32)28-24)26-29-25(30-33-26)22-14-10-20(7-2)11-15-22/h8-15,17,24H,6-7,16H2,1-5H3,(H,28,32). The lowest BCUT2D eigenvalue weighted by molar-refractivity contribution is 0.199. The van der Waals surface area contributed by atoms with Crippen molar-refractivity contribution < 1.29 is 9.32 Å². The molecule has 0 aliphatic carbocycles. The van der Waals surface area contributed by atoms with Crippen LogP contribution < -0.4 is 5.32 Å². The van der Waals surface area contributed by atoms with Gasteiger partial charge in [0.15, 0.2) is 0 Å². The molecular formula is C27H32N4O2. The molecule has 4 rings (SSSR count). The van der Waals surface area contributed by atoms with Gasteiger partial charge >= 0.3 is 6.03 Å². The molecule has 0 saturated carbocycles. The molecule has 2 amide bonds. The fraction of sp³-hybridized carbons (Fsp3) is 0.370. The van der Waals surface area contributed by atoms with Gasteiger partial charge in [-0.05, 0) is 42.4 Å². The molecule has 2 heterocycles. The zero-order chi connectivity index (χ0) is 23.5. The molecule has 6 nitrogen and oxygen atoms in total. The van der Waals surface area contributed by atoms with Crippen LogP contribution in [0.1, 0.15) is 63.2 Å². The zero-order valence-corrected chi connectivity index (χ0v) is 20.1. The highest BCUT2D eigenvalue weighted by atomic mass is 16.5. The number of nitrogens with zero attached hydrogens (tertiary/aromatic N) is 3. The van der Waals surface area contributed by atoms with Gasteiger partial charge in [0.2, 0.25) is 5.82 Å². The van der Waals surface area contributed by atoms with Gasteiger partial charge in [0.1, 0.15) is 0 Å². The van der Waals surface area contributed by atoms with E-state index in [9.17, 15) is 4.79 Å². The van der Waals surface area contributed by atoms with E-state index in [1.165, 1.54) is 11.1 Å². The smallest absolute Gasteiger partial charge is 0.322 e. The molecule has 1 aliphatic heterocycles. The van der Waals surface area contributed by atoms with Gasteiger partial charge in [-0.15, -0.1) is 0 Å². The first-order valence-corrected chi connectivity index (χ1v) is 11.7. The van der Waals surface area contributed by atoms with Crippen molar-refractivity contribution in [3.63, 3.8) is 0 Å². The molecule has 1 atom stereocenters. The zero-order valence-electron chi connectivity index (χ0n) is 20.1. The largest absolute Gasteiger partial charge is 0.334 e. The summed E-state index contributed by atoms with van der Waals surface area (Å²) in [6.45, 7) is 11.0. The minimum atomic E-state index is -0.359. The van der Waals surface area contributed by atoms with Gasteiger partial charge in [0, 0.05) is 17.8 Å². The first-order chi connectivity index (χ1) is 15.9. The minimum Gasteiger partial charge on any atom is -0.334 e. The van der Waals surface area contributed by atoms with E-state index in [0.717, 1.165) is 35.2 Å². The minimum absolute atomic E-state index is 0.107. The molecule has 0 spiro atoms. The number of allylic oxidation sites excluding steroid dienone is 1. The summed E-state index contributed by atoms with van der Waals surface area (Å²) in [6.07, 6.45) is 1.94. The molecule has 33 heavy (non-hydrogen) atoms. The quantitative estimate of drug-likeness (QED) is 0.484. The summed E-state index contributed by atoms with van der Waals surface area (Å²) in [7, 11) is 0. The van der Waals surface area contributed by atoms with Crippen molar-refractivity contribution in [3.05, 3.63) is 76.8 Å². The van der Waals surface area contributed by atoms with Crippen LogP contribution in [-0.2, 0) is 12.8 Å². The van der Waals surface area contributed by atoms with Crippen LogP contribution in [0.15, 0.2) is 58.8 Å². The summed E-state index contributed by atoms with van der Waals surface area (Å²) in [5.41, 5.74) is 6.09. The van der Waals surface area contributed by atoms with E-state index in [0.29, 0.717) is 24.2 Å². The molecule has 1 unspecified atom stereocenters. The summed E-state index contributed by atoms with van der Waals surface area (Å²) in [5.74, 6) is 1.29. The second-order valence-electron chi connectivity index (χ2n) is 8.95. The molecule has 0 fully saturated rings. The van der Waals surface area contributed by atoms with Crippen molar-refractivity contribution in [1.82, 2.24) is 20.4 Å². The molecule has 1 aromatic heterocycles. The van der Waals surface area contributed by atoms with Crippen molar-refractivity contribution in [2.24, 2.45) is 5.92 Å². The Morgan fingerprint density at radius 1 is 1.00 bits per heavy atom. The summed E-state index contributed by atoms with van der Waals surface area (Å²) >= 11 is 0. The van der Waals surface area contributed by atoms with Crippen LogP contribution in [-0.4, -0.2) is 27.6 Å². The highest BCUT2D eigenvalue weighted by Crippen LogP contribution is 2.37. The fourth-order valence-electron chi connectivity index (χ4n) is 4.18. The van der Waals surface area contributed by atoms with Crippen LogP contribution >= 0.6 is 0 Å². The SMILES string of the molecule is CCc1ccc(-c2noc(C3=C(C)N(CC(C)C)C(=O)NC3c3ccc(CC)cc3)n2)cc1.